The van der Waals surface area contributed by atoms with Crippen LogP contribution in [-0.4, -0.2) is 18.8 Å². The van der Waals surface area contributed by atoms with Gasteiger partial charge in [0.1, 0.15) is 0 Å². The van der Waals surface area contributed by atoms with E-state index >= 15 is 0 Å². The van der Waals surface area contributed by atoms with Crippen molar-refractivity contribution in [2.75, 3.05) is 6.67 Å². The van der Waals surface area contributed by atoms with E-state index in [9.17, 15) is 0 Å². The Morgan fingerprint density at radius 3 is 1.92 bits per heavy atom. The van der Waals surface area contributed by atoms with Crippen molar-refractivity contribution in [3.05, 3.63) is 18.1 Å². The van der Waals surface area contributed by atoms with Crippen LogP contribution >= 0.6 is 0 Å². The van der Waals surface area contributed by atoms with Crippen LogP contribution in [0.4, 0.5) is 0 Å². The normalized spacial score (nSPS) is 11.8. The van der Waals surface area contributed by atoms with Gasteiger partial charge in [0.15, 0.2) is 0 Å². The first-order valence-corrected chi connectivity index (χ1v) is 4.00. The van der Waals surface area contributed by atoms with E-state index in [1.165, 1.54) is 0 Å². The van der Waals surface area contributed by atoms with Crippen molar-refractivity contribution in [2.24, 2.45) is 0 Å². The molecule has 0 aliphatic rings. The molecule has 0 spiro atoms. The van der Waals surface area contributed by atoms with Crippen molar-refractivity contribution in [1.82, 2.24) is 0 Å². The van der Waals surface area contributed by atoms with Gasteiger partial charge in [0.05, 0.1) is 0 Å². The number of hydrogen-bond donors (Lipinski definition) is 0. The van der Waals surface area contributed by atoms with Gasteiger partial charge in [-0.05, 0) is 0 Å². The molecule has 1 unspecified atom stereocenters. The van der Waals surface area contributed by atoms with E-state index in [1.807, 2.05) is 0 Å². The molecule has 0 aliphatic carbocycles. The average molecular weight is 246 g/mol. The van der Waals surface area contributed by atoms with Crippen molar-refractivity contribution in [3.8, 4) is 0 Å². The molecule has 0 fully saturated rings. The Hall–Kier alpha value is 1.02. The predicted octanol–water partition coefficient (Wildman–Crippen LogP) is 3.35. The largest absolute Gasteiger partial charge is 3.00 e. The molecule has 0 saturated heterocycles. The number of hydrogen-bond acceptors (Lipinski definition) is 0. The van der Waals surface area contributed by atoms with Crippen LogP contribution in [0.5, 0.6) is 0 Å². The van der Waals surface area contributed by atoms with Gasteiger partial charge in [-0.15, -0.1) is 12.1 Å². The number of rotatable bonds is 5. The van der Waals surface area contributed by atoms with Crippen LogP contribution in [0.3, 0.4) is 0 Å². The average Bonchev–Trinajstić information content (AvgIpc) is 1.87. The Kier molecular flexibility index (Phi) is 18.8. The molecule has 70 valence electrons. The second-order valence-corrected chi connectivity index (χ2v) is 2.86. The molecule has 0 bridgehead atoms. The zero-order valence-electron chi connectivity index (χ0n) is 9.04. The van der Waals surface area contributed by atoms with Gasteiger partial charge in [0.25, 0.3) is 0 Å². The molecule has 0 heterocycles. The fourth-order valence-electron chi connectivity index (χ4n) is 0.479. The number of nitrogens with zero attached hydrogens (tertiary/aromatic N) is 2. The first-order valence-electron chi connectivity index (χ1n) is 4.00. The monoisotopic (exact) mass is 246 g/mol. The summed E-state index contributed by atoms with van der Waals surface area (Å²) in [4.78, 5) is 0. The molecule has 0 aromatic heterocycles. The molecule has 0 saturated carbocycles. The minimum Gasteiger partial charge on any atom is -0.678 e. The van der Waals surface area contributed by atoms with E-state index in [-0.39, 0.29) is 40.1 Å². The molecular formula is C9H21N2Y. The maximum absolute atomic E-state index is 4.32. The Bertz CT molecular complexity index is 76.9. The molecule has 1 atom stereocenters. The van der Waals surface area contributed by atoms with Crippen molar-refractivity contribution in [3.63, 3.8) is 0 Å². The summed E-state index contributed by atoms with van der Waals surface area (Å²) in [6, 6.07) is 0.898. The molecule has 0 N–H and O–H groups in total. The maximum Gasteiger partial charge on any atom is 3.00 e. The van der Waals surface area contributed by atoms with Gasteiger partial charge in [-0.1, -0.05) is 34.1 Å². The van der Waals surface area contributed by atoms with Crippen LogP contribution in [-0.2, 0) is 32.7 Å². The second kappa shape index (κ2) is 12.0. The van der Waals surface area contributed by atoms with Crippen LogP contribution in [0.15, 0.2) is 0 Å². The molecule has 0 amide bonds. The third-order valence-corrected chi connectivity index (χ3v) is 1.43. The van der Waals surface area contributed by atoms with E-state index in [0.29, 0.717) is 18.8 Å². The summed E-state index contributed by atoms with van der Waals surface area (Å²) in [6.45, 7) is 9.09. The summed E-state index contributed by atoms with van der Waals surface area (Å²) in [7, 11) is 0. The molecule has 12 heavy (non-hydrogen) atoms. The molecule has 0 radical (unpaired) electrons. The molecule has 0 aromatic carbocycles. The van der Waals surface area contributed by atoms with E-state index in [4.69, 9.17) is 0 Å². The zero-order chi connectivity index (χ0) is 7.98. The van der Waals surface area contributed by atoms with Gasteiger partial charge in [-0.3, -0.25) is 6.67 Å². The van der Waals surface area contributed by atoms with Gasteiger partial charge >= 0.3 is 32.7 Å². The molecule has 2 nitrogen and oxygen atoms in total. The van der Waals surface area contributed by atoms with Crippen LogP contribution in [0.25, 0.3) is 10.6 Å². The van der Waals surface area contributed by atoms with Gasteiger partial charge in [-0.2, -0.15) is 0 Å². The van der Waals surface area contributed by atoms with Crippen LogP contribution in [0.1, 0.15) is 34.1 Å². The molecule has 3 heteroatoms. The van der Waals surface area contributed by atoms with Gasteiger partial charge < -0.3 is 18.1 Å². The van der Waals surface area contributed by atoms with Crippen molar-refractivity contribution >= 4 is 0 Å². The summed E-state index contributed by atoms with van der Waals surface area (Å²) in [5, 5.41) is 8.56. The topological polar surface area (TPSA) is 28.2 Å². The van der Waals surface area contributed by atoms with Gasteiger partial charge in [0.2, 0.25) is 0 Å². The SMILES string of the molecule is CCC(C)[N-]C[N-]C(C)C.[CH3-].[Y+3]. The maximum atomic E-state index is 4.32. The third-order valence-electron chi connectivity index (χ3n) is 1.43. The first-order chi connectivity index (χ1) is 4.66. The van der Waals surface area contributed by atoms with Gasteiger partial charge in [0, 0.05) is 0 Å². The van der Waals surface area contributed by atoms with Crippen molar-refractivity contribution in [1.29, 1.82) is 0 Å². The van der Waals surface area contributed by atoms with Crippen molar-refractivity contribution in [2.45, 2.75) is 46.2 Å². The fourth-order valence-corrected chi connectivity index (χ4v) is 0.479. The Morgan fingerprint density at radius 2 is 1.58 bits per heavy atom. The Balaban J connectivity index is -0.000000405. The summed E-state index contributed by atoms with van der Waals surface area (Å²) in [5.74, 6) is 0. The standard InChI is InChI=1S/C8H18N2.CH3.Y/c1-5-8(4)10-6-9-7(2)3;;/h7-8H,5-6H2,1-4H3;1H3;/q-2;-1;+3. The van der Waals surface area contributed by atoms with E-state index in [2.05, 4.69) is 38.3 Å². The second-order valence-electron chi connectivity index (χ2n) is 2.86. The molecule has 0 aromatic rings. The Labute approximate surface area is 103 Å². The van der Waals surface area contributed by atoms with Crippen LogP contribution in [0, 0.1) is 7.43 Å². The quantitative estimate of drug-likeness (QED) is 0.665. The first kappa shape index (κ1) is 18.7. The minimum atomic E-state index is 0. The smallest absolute Gasteiger partial charge is 0.678 e. The van der Waals surface area contributed by atoms with E-state index in [0.717, 1.165) is 6.42 Å². The molecule has 0 aliphatic heterocycles. The van der Waals surface area contributed by atoms with Crippen LogP contribution in [0.2, 0.25) is 0 Å². The minimum absolute atomic E-state index is 0. The van der Waals surface area contributed by atoms with Crippen molar-refractivity contribution < 1.29 is 32.7 Å². The fraction of sp³-hybridized carbons (Fsp3) is 0.889. The predicted molar refractivity (Wildman–Crippen MR) is 52.9 cm³/mol. The van der Waals surface area contributed by atoms with E-state index < -0.39 is 0 Å². The molecule has 0 rings (SSSR count). The zero-order valence-corrected chi connectivity index (χ0v) is 11.9. The summed E-state index contributed by atoms with van der Waals surface area (Å²) >= 11 is 0. The Morgan fingerprint density at radius 1 is 1.08 bits per heavy atom. The molecular weight excluding hydrogens is 225 g/mol. The summed E-state index contributed by atoms with van der Waals surface area (Å²) in [5.41, 5.74) is 0. The summed E-state index contributed by atoms with van der Waals surface area (Å²) < 4.78 is 0. The van der Waals surface area contributed by atoms with Crippen LogP contribution < -0.4 is 0 Å². The van der Waals surface area contributed by atoms with Gasteiger partial charge in [-0.25, -0.2) is 0 Å². The third kappa shape index (κ3) is 13.6. The van der Waals surface area contributed by atoms with E-state index in [1.54, 1.807) is 0 Å². The summed E-state index contributed by atoms with van der Waals surface area (Å²) in [6.07, 6.45) is 1.12.